The highest BCUT2D eigenvalue weighted by Gasteiger charge is 2.28. The second kappa shape index (κ2) is 9.07. The van der Waals surface area contributed by atoms with E-state index in [4.69, 9.17) is 14.2 Å². The van der Waals surface area contributed by atoms with Crippen molar-refractivity contribution in [1.29, 1.82) is 0 Å². The van der Waals surface area contributed by atoms with Gasteiger partial charge in [-0.1, -0.05) is 35.5 Å². The summed E-state index contributed by atoms with van der Waals surface area (Å²) < 4.78 is 10.9. The van der Waals surface area contributed by atoms with Gasteiger partial charge >= 0.3 is 5.97 Å². The van der Waals surface area contributed by atoms with E-state index in [0.29, 0.717) is 23.4 Å². The lowest BCUT2D eigenvalue weighted by Gasteiger charge is -2.11. The monoisotopic (exact) mass is 476 g/mol. The van der Waals surface area contributed by atoms with Gasteiger partial charge < -0.3 is 14.4 Å². The highest BCUT2D eigenvalue weighted by atomic mass is 16.6. The van der Waals surface area contributed by atoms with E-state index in [9.17, 15) is 9.90 Å². The molecular formula is C28H20N4O4. The summed E-state index contributed by atoms with van der Waals surface area (Å²) in [6.07, 6.45) is 6.76. The number of hydrogen-bond acceptors (Lipinski definition) is 8. The van der Waals surface area contributed by atoms with Crippen molar-refractivity contribution in [2.75, 3.05) is 0 Å². The average molecular weight is 476 g/mol. The van der Waals surface area contributed by atoms with Crippen LogP contribution in [-0.2, 0) is 17.8 Å². The normalized spacial score (nSPS) is 13.7. The maximum Gasteiger partial charge on any atom is 0.339 e. The van der Waals surface area contributed by atoms with Crippen LogP contribution in [0.25, 0.3) is 33.9 Å². The molecule has 0 fully saturated rings. The number of hydrogen-bond donors (Lipinski definition) is 1. The van der Waals surface area contributed by atoms with Gasteiger partial charge in [-0.3, -0.25) is 4.98 Å². The molecule has 0 bridgehead atoms. The molecule has 0 radical (unpaired) electrons. The zero-order valence-electron chi connectivity index (χ0n) is 19.1. The molecule has 8 heteroatoms. The van der Waals surface area contributed by atoms with Crippen molar-refractivity contribution >= 4 is 28.5 Å². The molecule has 0 saturated carbocycles. The van der Waals surface area contributed by atoms with Gasteiger partial charge in [0.05, 0.1) is 16.8 Å². The molecule has 0 atom stereocenters. The Hall–Kier alpha value is -4.85. The number of nitrogens with zero attached hydrogens (tertiary/aromatic N) is 4. The summed E-state index contributed by atoms with van der Waals surface area (Å²) >= 11 is 0. The number of ether oxygens (including phenoxy) is 1. The summed E-state index contributed by atoms with van der Waals surface area (Å²) in [5.74, 6) is 0.335. The molecule has 1 aliphatic rings. The highest BCUT2D eigenvalue weighted by Crippen LogP contribution is 2.38. The lowest BCUT2D eigenvalue weighted by Crippen LogP contribution is -2.10. The minimum absolute atomic E-state index is 0.145. The van der Waals surface area contributed by atoms with Crippen LogP contribution in [0.5, 0.6) is 5.75 Å². The van der Waals surface area contributed by atoms with Crippen molar-refractivity contribution in [3.8, 4) is 17.1 Å². The summed E-state index contributed by atoms with van der Waals surface area (Å²) in [7, 11) is 0. The molecule has 0 amide bonds. The Morgan fingerprint density at radius 2 is 1.89 bits per heavy atom. The number of aromatic hydroxyl groups is 1. The number of phenolic OH excluding ortho intramolecular Hbond substituents is 1. The van der Waals surface area contributed by atoms with Crippen LogP contribution in [0.15, 0.2) is 77.6 Å². The third-order valence-electron chi connectivity index (χ3n) is 6.09. The van der Waals surface area contributed by atoms with Crippen molar-refractivity contribution in [2.24, 2.45) is 0 Å². The molecule has 3 heterocycles. The van der Waals surface area contributed by atoms with Crippen LogP contribution in [0.1, 0.15) is 39.5 Å². The third kappa shape index (κ3) is 4.09. The van der Waals surface area contributed by atoms with Crippen LogP contribution in [0.4, 0.5) is 0 Å². The van der Waals surface area contributed by atoms with E-state index in [1.807, 2.05) is 48.5 Å². The molecule has 1 aliphatic carbocycles. The molecule has 176 valence electrons. The summed E-state index contributed by atoms with van der Waals surface area (Å²) in [6.45, 7) is -0.145. The second-order valence-corrected chi connectivity index (χ2v) is 8.42. The van der Waals surface area contributed by atoms with E-state index in [0.717, 1.165) is 39.7 Å². The number of para-hydroxylation sites is 1. The fourth-order valence-electron chi connectivity index (χ4n) is 4.41. The van der Waals surface area contributed by atoms with E-state index in [1.54, 1.807) is 30.6 Å². The van der Waals surface area contributed by atoms with Crippen LogP contribution in [0, 0.1) is 0 Å². The number of carbonyl (C=O) groups excluding carboxylic acids is 1. The quantitative estimate of drug-likeness (QED) is 0.343. The minimum atomic E-state index is -0.461. The molecule has 6 rings (SSSR count). The summed E-state index contributed by atoms with van der Waals surface area (Å²) in [4.78, 5) is 26.6. The van der Waals surface area contributed by atoms with Gasteiger partial charge in [0.2, 0.25) is 5.82 Å². The van der Waals surface area contributed by atoms with Crippen LogP contribution in [-0.4, -0.2) is 31.2 Å². The van der Waals surface area contributed by atoms with Crippen molar-refractivity contribution < 1.29 is 19.2 Å². The van der Waals surface area contributed by atoms with E-state index >= 15 is 0 Å². The fraction of sp³-hybridized carbons (Fsp3) is 0.107. The number of aromatic nitrogens is 4. The maximum atomic E-state index is 13.4. The predicted octanol–water partition coefficient (Wildman–Crippen LogP) is 5.23. The summed E-state index contributed by atoms with van der Waals surface area (Å²) in [5, 5.41) is 14.3. The molecule has 36 heavy (non-hydrogen) atoms. The first-order valence-electron chi connectivity index (χ1n) is 11.5. The summed E-state index contributed by atoms with van der Waals surface area (Å²) in [6, 6.07) is 18.2. The Morgan fingerprint density at radius 3 is 2.72 bits per heavy atom. The molecule has 1 N–H and O–H groups in total. The van der Waals surface area contributed by atoms with E-state index in [-0.39, 0.29) is 18.2 Å². The number of allylic oxidation sites excluding steroid dienone is 1. The van der Waals surface area contributed by atoms with Crippen LogP contribution >= 0.6 is 0 Å². The molecule has 8 nitrogen and oxygen atoms in total. The predicted molar refractivity (Wildman–Crippen MR) is 133 cm³/mol. The topological polar surface area (TPSA) is 111 Å². The molecule has 3 aromatic heterocycles. The lowest BCUT2D eigenvalue weighted by atomic mass is 10.0. The zero-order chi connectivity index (χ0) is 24.5. The number of fused-ring (bicyclic) bond motifs is 2. The van der Waals surface area contributed by atoms with E-state index in [2.05, 4.69) is 15.1 Å². The number of carbonyl (C=O) groups is 1. The third-order valence-corrected chi connectivity index (χ3v) is 6.09. The fourth-order valence-corrected chi connectivity index (χ4v) is 4.41. The van der Waals surface area contributed by atoms with Crippen molar-refractivity contribution in [3.05, 3.63) is 101 Å². The maximum absolute atomic E-state index is 13.4. The van der Waals surface area contributed by atoms with E-state index < -0.39 is 5.97 Å². The molecule has 2 aromatic carbocycles. The Labute approximate surface area is 205 Å². The molecule has 5 aromatic rings. The molecule has 0 unspecified atom stereocenters. The molecule has 0 spiro atoms. The molecule has 0 saturated heterocycles. The number of pyridine rings is 2. The Balaban J connectivity index is 1.31. The van der Waals surface area contributed by atoms with E-state index in [1.165, 1.54) is 0 Å². The summed E-state index contributed by atoms with van der Waals surface area (Å²) in [5.41, 5.74) is 5.60. The molecular weight excluding hydrogens is 456 g/mol. The second-order valence-electron chi connectivity index (χ2n) is 8.42. The Morgan fingerprint density at radius 1 is 1.03 bits per heavy atom. The van der Waals surface area contributed by atoms with Gasteiger partial charge in [-0.2, -0.15) is 4.98 Å². The van der Waals surface area contributed by atoms with Crippen LogP contribution in [0.3, 0.4) is 0 Å². The van der Waals surface area contributed by atoms with Gasteiger partial charge in [-0.05, 0) is 65.9 Å². The SMILES string of the molecule is O=C(OCc1nc(-c2cccnc2)no1)c1c2c(nc3ccccc13)/C(=C/c1ccc(O)cc1)CC2. The number of benzene rings is 2. The smallest absolute Gasteiger partial charge is 0.339 e. The first-order chi connectivity index (χ1) is 17.7. The molecule has 0 aliphatic heterocycles. The van der Waals surface area contributed by atoms with Gasteiger partial charge in [-0.15, -0.1) is 0 Å². The number of esters is 1. The average Bonchev–Trinajstić information content (AvgIpc) is 3.55. The van der Waals surface area contributed by atoms with Gasteiger partial charge in [0.15, 0.2) is 6.61 Å². The van der Waals surface area contributed by atoms with Gasteiger partial charge in [0, 0.05) is 23.3 Å². The van der Waals surface area contributed by atoms with Crippen LogP contribution < -0.4 is 0 Å². The van der Waals surface area contributed by atoms with Crippen molar-refractivity contribution in [3.63, 3.8) is 0 Å². The first kappa shape index (κ1) is 21.7. The lowest BCUT2D eigenvalue weighted by molar-refractivity contribution is 0.0431. The highest BCUT2D eigenvalue weighted by molar-refractivity contribution is 6.07. The Kier molecular flexibility index (Phi) is 5.46. The van der Waals surface area contributed by atoms with Gasteiger partial charge in [0.25, 0.3) is 5.89 Å². The minimum Gasteiger partial charge on any atom is -0.508 e. The largest absolute Gasteiger partial charge is 0.508 e. The van der Waals surface area contributed by atoms with Gasteiger partial charge in [0.1, 0.15) is 5.75 Å². The standard InChI is InChI=1S/C28H20N4O4/c33-20-10-7-17(8-11-20)14-18-9-12-22-25(21-5-1-2-6-23(21)30-26(18)22)28(34)35-16-24-31-27(32-36-24)19-4-3-13-29-15-19/h1-8,10-11,13-15,33H,9,12,16H2/b18-14+. The van der Waals surface area contributed by atoms with Gasteiger partial charge in [-0.25, -0.2) is 9.78 Å². The first-order valence-corrected chi connectivity index (χ1v) is 11.5. The number of phenols is 1. The zero-order valence-corrected chi connectivity index (χ0v) is 19.1. The van der Waals surface area contributed by atoms with Crippen molar-refractivity contribution in [1.82, 2.24) is 20.1 Å². The van der Waals surface area contributed by atoms with Crippen molar-refractivity contribution in [2.45, 2.75) is 19.4 Å². The number of rotatable bonds is 5. The Bertz CT molecular complexity index is 1610. The van der Waals surface area contributed by atoms with Crippen LogP contribution in [0.2, 0.25) is 0 Å².